The maximum atomic E-state index is 2.80. The second-order valence-corrected chi connectivity index (χ2v) is 9.37. The van der Waals surface area contributed by atoms with Gasteiger partial charge in [0.25, 0.3) is 0 Å². The van der Waals surface area contributed by atoms with Gasteiger partial charge in [-0.15, -0.1) is 0 Å². The number of piperidine rings is 1. The Morgan fingerprint density at radius 1 is 0.778 bits per heavy atom. The second kappa shape index (κ2) is 8.06. The van der Waals surface area contributed by atoms with Crippen LogP contribution < -0.4 is 0 Å². The highest BCUT2D eigenvalue weighted by atomic mass is 15.3. The van der Waals surface area contributed by atoms with Gasteiger partial charge in [0.05, 0.1) is 0 Å². The Morgan fingerprint density at radius 2 is 1.56 bits per heavy atom. The van der Waals surface area contributed by atoms with E-state index in [-0.39, 0.29) is 0 Å². The van der Waals surface area contributed by atoms with Crippen LogP contribution in [0.5, 0.6) is 0 Å². The lowest BCUT2D eigenvalue weighted by molar-refractivity contribution is 0.0505. The third kappa shape index (κ3) is 4.16. The van der Waals surface area contributed by atoms with Crippen LogP contribution in [0.4, 0.5) is 0 Å². The lowest BCUT2D eigenvalue weighted by Crippen LogP contribution is -2.53. The molecule has 2 aliphatic carbocycles. The molecule has 0 amide bonds. The van der Waals surface area contributed by atoms with Gasteiger partial charge in [-0.2, -0.15) is 0 Å². The van der Waals surface area contributed by atoms with Crippen LogP contribution in [0.1, 0.15) is 31.2 Å². The zero-order valence-electron chi connectivity index (χ0n) is 16.7. The number of likely N-dealkylation sites (tertiary alicyclic amines) is 1. The van der Waals surface area contributed by atoms with Crippen LogP contribution in [0.25, 0.3) is 0 Å². The Bertz CT molecular complexity index is 626. The monoisotopic (exact) mass is 365 g/mol. The van der Waals surface area contributed by atoms with E-state index in [0.29, 0.717) is 0 Å². The highest BCUT2D eigenvalue weighted by Crippen LogP contribution is 2.43. The number of hydrogen-bond donors (Lipinski definition) is 0. The highest BCUT2D eigenvalue weighted by Gasteiger charge is 2.37. The fraction of sp³-hybridized carbons (Fsp3) is 0.667. The Labute approximate surface area is 165 Å². The second-order valence-electron chi connectivity index (χ2n) is 9.37. The molecule has 0 spiro atoms. The molecule has 3 nitrogen and oxygen atoms in total. The van der Waals surface area contributed by atoms with Gasteiger partial charge in [0.2, 0.25) is 0 Å². The summed E-state index contributed by atoms with van der Waals surface area (Å²) in [6, 6.07) is 11.8. The van der Waals surface area contributed by atoms with Crippen molar-refractivity contribution in [3.05, 3.63) is 48.0 Å². The predicted molar refractivity (Wildman–Crippen MR) is 112 cm³/mol. The van der Waals surface area contributed by atoms with Crippen molar-refractivity contribution in [1.29, 1.82) is 0 Å². The zero-order valence-corrected chi connectivity index (χ0v) is 16.7. The van der Waals surface area contributed by atoms with E-state index < -0.39 is 0 Å². The van der Waals surface area contributed by atoms with Crippen LogP contribution in [-0.4, -0.2) is 66.6 Å². The first-order valence-corrected chi connectivity index (χ1v) is 11.2. The molecule has 2 bridgehead atoms. The lowest BCUT2D eigenvalue weighted by atomic mass is 9.93. The van der Waals surface area contributed by atoms with E-state index in [4.69, 9.17) is 0 Å². The minimum Gasteiger partial charge on any atom is -0.300 e. The van der Waals surface area contributed by atoms with Crippen LogP contribution in [0.3, 0.4) is 0 Å². The SMILES string of the molecule is C1=CC2CC1CC2CN1CCN(C2CCN(Cc3ccccc3)CC2)CC1. The summed E-state index contributed by atoms with van der Waals surface area (Å²) in [7, 11) is 0. The third-order valence-electron chi connectivity index (χ3n) is 7.64. The minimum absolute atomic E-state index is 0.824. The first-order valence-electron chi connectivity index (χ1n) is 11.2. The molecule has 4 aliphatic rings. The van der Waals surface area contributed by atoms with Crippen LogP contribution in [0, 0.1) is 17.8 Å². The van der Waals surface area contributed by atoms with Crippen LogP contribution in [0.2, 0.25) is 0 Å². The first-order chi connectivity index (χ1) is 13.3. The number of allylic oxidation sites excluding steroid dienone is 2. The molecule has 146 valence electrons. The van der Waals surface area contributed by atoms with Crippen molar-refractivity contribution in [3.8, 4) is 0 Å². The average Bonchev–Trinajstić information content (AvgIpc) is 3.33. The smallest absolute Gasteiger partial charge is 0.0233 e. The van der Waals surface area contributed by atoms with Crippen LogP contribution in [0.15, 0.2) is 42.5 Å². The van der Waals surface area contributed by atoms with E-state index in [9.17, 15) is 0 Å². The molecular formula is C24H35N3. The largest absolute Gasteiger partial charge is 0.300 e. The number of fused-ring (bicyclic) bond motifs is 2. The number of benzene rings is 1. The molecule has 0 aromatic heterocycles. The van der Waals surface area contributed by atoms with Gasteiger partial charge in [-0.05, 0) is 62.1 Å². The molecule has 3 atom stereocenters. The van der Waals surface area contributed by atoms with Crippen molar-refractivity contribution in [1.82, 2.24) is 14.7 Å². The van der Waals surface area contributed by atoms with E-state index in [1.165, 1.54) is 77.1 Å². The molecule has 0 N–H and O–H groups in total. The number of piperazine rings is 1. The molecule has 1 saturated carbocycles. The maximum absolute atomic E-state index is 2.80. The van der Waals surface area contributed by atoms with E-state index in [1.807, 2.05) is 0 Å². The molecule has 2 saturated heterocycles. The zero-order chi connectivity index (χ0) is 18.1. The summed E-state index contributed by atoms with van der Waals surface area (Å²) in [5.41, 5.74) is 1.46. The van der Waals surface area contributed by atoms with Crippen molar-refractivity contribution >= 4 is 0 Å². The number of rotatable bonds is 5. The average molecular weight is 366 g/mol. The number of hydrogen-bond acceptors (Lipinski definition) is 3. The van der Waals surface area contributed by atoms with E-state index in [1.54, 1.807) is 0 Å². The fourth-order valence-electron chi connectivity index (χ4n) is 6.03. The lowest BCUT2D eigenvalue weighted by Gasteiger charge is -2.43. The van der Waals surface area contributed by atoms with Crippen molar-refractivity contribution in [3.63, 3.8) is 0 Å². The topological polar surface area (TPSA) is 9.72 Å². The summed E-state index contributed by atoms with van der Waals surface area (Å²) in [4.78, 5) is 8.21. The van der Waals surface area contributed by atoms with Crippen LogP contribution in [-0.2, 0) is 6.54 Å². The molecule has 1 aromatic carbocycles. The fourth-order valence-corrected chi connectivity index (χ4v) is 6.03. The summed E-state index contributed by atoms with van der Waals surface area (Å²) in [5, 5.41) is 0. The molecule has 27 heavy (non-hydrogen) atoms. The molecule has 3 fully saturated rings. The summed E-state index contributed by atoms with van der Waals surface area (Å²) in [6.45, 7) is 10.2. The quantitative estimate of drug-likeness (QED) is 0.740. The van der Waals surface area contributed by atoms with E-state index >= 15 is 0 Å². The molecule has 5 rings (SSSR count). The maximum Gasteiger partial charge on any atom is 0.0233 e. The Morgan fingerprint density at radius 3 is 2.22 bits per heavy atom. The highest BCUT2D eigenvalue weighted by molar-refractivity contribution is 5.14. The molecule has 0 radical (unpaired) electrons. The normalized spacial score (nSPS) is 33.1. The Hall–Kier alpha value is -1.16. The third-order valence-corrected chi connectivity index (χ3v) is 7.64. The van der Waals surface area contributed by atoms with E-state index in [0.717, 1.165) is 30.3 Å². The molecule has 1 aromatic rings. The minimum atomic E-state index is 0.824. The van der Waals surface area contributed by atoms with Gasteiger partial charge in [0.1, 0.15) is 0 Å². The summed E-state index contributed by atoms with van der Waals surface area (Å²) in [6.07, 6.45) is 10.6. The van der Waals surface area contributed by atoms with Crippen molar-refractivity contribution in [2.24, 2.45) is 17.8 Å². The summed E-state index contributed by atoms with van der Waals surface area (Å²) >= 11 is 0. The van der Waals surface area contributed by atoms with Crippen molar-refractivity contribution < 1.29 is 0 Å². The van der Waals surface area contributed by atoms with Gasteiger partial charge in [-0.1, -0.05) is 42.5 Å². The Kier molecular flexibility index (Phi) is 5.35. The molecule has 2 heterocycles. The standard InChI is InChI=1S/C24H35N3/c1-2-4-20(5-3-1)18-25-10-8-24(9-11-25)27-14-12-26(13-15-27)19-23-17-21-6-7-22(23)16-21/h1-7,21-24H,8-19H2. The molecule has 3 heteroatoms. The number of nitrogens with zero attached hydrogens (tertiary/aromatic N) is 3. The van der Waals surface area contributed by atoms with Crippen LogP contribution >= 0.6 is 0 Å². The predicted octanol–water partition coefficient (Wildman–Crippen LogP) is 3.48. The van der Waals surface area contributed by atoms with Gasteiger partial charge < -0.3 is 4.90 Å². The van der Waals surface area contributed by atoms with Gasteiger partial charge >= 0.3 is 0 Å². The summed E-state index contributed by atoms with van der Waals surface area (Å²) < 4.78 is 0. The molecular weight excluding hydrogens is 330 g/mol. The van der Waals surface area contributed by atoms with Gasteiger partial charge in [-0.25, -0.2) is 0 Å². The van der Waals surface area contributed by atoms with Gasteiger partial charge in [-0.3, -0.25) is 9.80 Å². The molecule has 2 aliphatic heterocycles. The van der Waals surface area contributed by atoms with E-state index in [2.05, 4.69) is 57.2 Å². The van der Waals surface area contributed by atoms with Gasteiger partial charge in [0, 0.05) is 45.3 Å². The van der Waals surface area contributed by atoms with Crippen molar-refractivity contribution in [2.75, 3.05) is 45.8 Å². The first kappa shape index (κ1) is 17.9. The van der Waals surface area contributed by atoms with Gasteiger partial charge in [0.15, 0.2) is 0 Å². The Balaban J connectivity index is 1.04. The summed E-state index contributed by atoms with van der Waals surface area (Å²) in [5.74, 6) is 2.78. The molecule has 3 unspecified atom stereocenters. The van der Waals surface area contributed by atoms with Crippen molar-refractivity contribution in [2.45, 2.75) is 38.3 Å².